The number of nitrogens with one attached hydrogen (secondary N) is 1. The summed E-state index contributed by atoms with van der Waals surface area (Å²) in [6.45, 7) is 8.56. The second-order valence-corrected chi connectivity index (χ2v) is 7.79. The third kappa shape index (κ3) is 5.70. The van der Waals surface area contributed by atoms with Crippen molar-refractivity contribution >= 4 is 11.8 Å². The van der Waals surface area contributed by atoms with Crippen LogP contribution in [-0.4, -0.2) is 92.0 Å². The van der Waals surface area contributed by atoms with E-state index in [0.29, 0.717) is 31.1 Å². The normalized spacial score (nSPS) is 19.9. The molecular formula is C22H34N4O3. The van der Waals surface area contributed by atoms with E-state index in [2.05, 4.69) is 17.1 Å². The van der Waals surface area contributed by atoms with Crippen LogP contribution in [0.25, 0.3) is 0 Å². The second kappa shape index (κ2) is 10.6. The third-order valence-electron chi connectivity index (χ3n) is 6.03. The summed E-state index contributed by atoms with van der Waals surface area (Å²) in [5.41, 5.74) is 0.640. The number of nitrogens with zero attached hydrogens (tertiary/aromatic N) is 3. The van der Waals surface area contributed by atoms with Crippen LogP contribution in [0.15, 0.2) is 24.3 Å². The number of carbonyl (C=O) groups excluding carboxylic acids is 2. The molecular weight excluding hydrogens is 368 g/mol. The lowest BCUT2D eigenvalue weighted by Gasteiger charge is -2.32. The fourth-order valence-corrected chi connectivity index (χ4v) is 4.27. The maximum Gasteiger partial charge on any atom is 0.253 e. The van der Waals surface area contributed by atoms with Crippen LogP contribution in [0.3, 0.4) is 0 Å². The number of methoxy groups -OCH3 is 1. The predicted molar refractivity (Wildman–Crippen MR) is 113 cm³/mol. The number of carbonyl (C=O) groups is 2. The van der Waals surface area contributed by atoms with Gasteiger partial charge in [-0.25, -0.2) is 0 Å². The van der Waals surface area contributed by atoms with E-state index >= 15 is 0 Å². The van der Waals surface area contributed by atoms with Gasteiger partial charge in [0.2, 0.25) is 5.91 Å². The minimum absolute atomic E-state index is 0.0104. The van der Waals surface area contributed by atoms with E-state index < -0.39 is 0 Å². The van der Waals surface area contributed by atoms with Gasteiger partial charge >= 0.3 is 0 Å². The first-order chi connectivity index (χ1) is 14.1. The Kier molecular flexibility index (Phi) is 7.89. The van der Waals surface area contributed by atoms with Crippen molar-refractivity contribution in [1.82, 2.24) is 20.0 Å². The Balaban J connectivity index is 1.67. The van der Waals surface area contributed by atoms with Gasteiger partial charge in [-0.05, 0) is 50.2 Å². The fraction of sp³-hybridized carbons (Fsp3) is 0.636. The highest BCUT2D eigenvalue weighted by Gasteiger charge is 2.28. The molecule has 2 heterocycles. The van der Waals surface area contributed by atoms with Crippen molar-refractivity contribution in [2.75, 3.05) is 59.5 Å². The van der Waals surface area contributed by atoms with Crippen molar-refractivity contribution in [3.63, 3.8) is 0 Å². The topological polar surface area (TPSA) is 65.1 Å². The summed E-state index contributed by atoms with van der Waals surface area (Å²) < 4.78 is 5.20. The molecule has 1 N–H and O–H groups in total. The lowest BCUT2D eigenvalue weighted by molar-refractivity contribution is -0.132. The molecule has 2 amide bonds. The number of ether oxygens (including phenoxy) is 1. The number of piperazine rings is 1. The molecule has 0 aromatic heterocycles. The largest absolute Gasteiger partial charge is 0.497 e. The molecule has 7 nitrogen and oxygen atoms in total. The van der Waals surface area contributed by atoms with Crippen LogP contribution in [0.2, 0.25) is 0 Å². The molecule has 1 aromatic rings. The first-order valence-electron chi connectivity index (χ1n) is 10.8. The Morgan fingerprint density at radius 1 is 1.17 bits per heavy atom. The van der Waals surface area contributed by atoms with Gasteiger partial charge in [0.25, 0.3) is 5.91 Å². The van der Waals surface area contributed by atoms with Crippen molar-refractivity contribution in [1.29, 1.82) is 0 Å². The van der Waals surface area contributed by atoms with Gasteiger partial charge in [-0.15, -0.1) is 0 Å². The smallest absolute Gasteiger partial charge is 0.253 e. The minimum Gasteiger partial charge on any atom is -0.497 e. The highest BCUT2D eigenvalue weighted by molar-refractivity contribution is 5.94. The fourth-order valence-electron chi connectivity index (χ4n) is 4.27. The Hall–Kier alpha value is -2.12. The maximum atomic E-state index is 13.2. The Labute approximate surface area is 174 Å². The molecule has 0 radical (unpaired) electrons. The van der Waals surface area contributed by atoms with E-state index in [0.717, 1.165) is 51.4 Å². The zero-order valence-electron chi connectivity index (χ0n) is 17.7. The van der Waals surface area contributed by atoms with Gasteiger partial charge in [-0.3, -0.25) is 14.5 Å². The standard InChI is InChI=1S/C22H34N4O3/c1-3-24-13-4-5-19(24)17-26(14-10-21(27)25-15-11-23-12-16-25)22(28)18-6-8-20(29-2)9-7-18/h6-9,19,23H,3-5,10-17H2,1-2H3/t19-/m0/s1. The van der Waals surface area contributed by atoms with Crippen LogP contribution in [0.5, 0.6) is 5.75 Å². The molecule has 2 aliphatic rings. The van der Waals surface area contributed by atoms with Gasteiger partial charge in [-0.2, -0.15) is 0 Å². The lowest BCUT2D eigenvalue weighted by Crippen LogP contribution is -2.48. The van der Waals surface area contributed by atoms with Crippen LogP contribution in [0.1, 0.15) is 36.5 Å². The van der Waals surface area contributed by atoms with Crippen molar-refractivity contribution in [3.05, 3.63) is 29.8 Å². The predicted octanol–water partition coefficient (Wildman–Crippen LogP) is 1.44. The van der Waals surface area contributed by atoms with Gasteiger partial charge in [-0.1, -0.05) is 6.92 Å². The number of benzene rings is 1. The molecule has 1 atom stereocenters. The van der Waals surface area contributed by atoms with Crippen LogP contribution < -0.4 is 10.1 Å². The average Bonchev–Trinajstić information content (AvgIpc) is 3.23. The van der Waals surface area contributed by atoms with Crippen molar-refractivity contribution in [3.8, 4) is 5.75 Å². The number of likely N-dealkylation sites (N-methyl/N-ethyl adjacent to an activating group) is 1. The Morgan fingerprint density at radius 3 is 2.55 bits per heavy atom. The number of rotatable bonds is 8. The summed E-state index contributed by atoms with van der Waals surface area (Å²) in [5.74, 6) is 0.858. The molecule has 160 valence electrons. The molecule has 1 aromatic carbocycles. The summed E-state index contributed by atoms with van der Waals surface area (Å²) >= 11 is 0. The molecule has 0 spiro atoms. The zero-order chi connectivity index (χ0) is 20.6. The molecule has 2 aliphatic heterocycles. The second-order valence-electron chi connectivity index (χ2n) is 7.79. The Bertz CT molecular complexity index is 673. The summed E-state index contributed by atoms with van der Waals surface area (Å²) in [6, 6.07) is 7.60. The Morgan fingerprint density at radius 2 is 1.90 bits per heavy atom. The molecule has 0 unspecified atom stereocenters. The van der Waals surface area contributed by atoms with Crippen molar-refractivity contribution in [2.45, 2.75) is 32.2 Å². The van der Waals surface area contributed by atoms with E-state index in [1.807, 2.05) is 21.9 Å². The van der Waals surface area contributed by atoms with Gasteiger partial charge in [0.05, 0.1) is 7.11 Å². The molecule has 7 heteroatoms. The number of hydrogen-bond acceptors (Lipinski definition) is 5. The van der Waals surface area contributed by atoms with E-state index in [1.165, 1.54) is 6.42 Å². The third-order valence-corrected chi connectivity index (χ3v) is 6.03. The first-order valence-corrected chi connectivity index (χ1v) is 10.8. The molecule has 0 saturated carbocycles. The number of likely N-dealkylation sites (tertiary alicyclic amines) is 1. The molecule has 2 saturated heterocycles. The number of amides is 2. The van der Waals surface area contributed by atoms with Crippen LogP contribution >= 0.6 is 0 Å². The van der Waals surface area contributed by atoms with E-state index in [4.69, 9.17) is 4.74 Å². The molecule has 2 fully saturated rings. The van der Waals surface area contributed by atoms with Gasteiger partial charge in [0.1, 0.15) is 5.75 Å². The van der Waals surface area contributed by atoms with Crippen LogP contribution in [-0.2, 0) is 4.79 Å². The number of hydrogen-bond donors (Lipinski definition) is 1. The highest BCUT2D eigenvalue weighted by atomic mass is 16.5. The SMILES string of the molecule is CCN1CCC[C@H]1CN(CCC(=O)N1CCNCC1)C(=O)c1ccc(OC)cc1. The highest BCUT2D eigenvalue weighted by Crippen LogP contribution is 2.20. The molecule has 3 rings (SSSR count). The van der Waals surface area contributed by atoms with E-state index in [1.54, 1.807) is 19.2 Å². The summed E-state index contributed by atoms with van der Waals surface area (Å²) in [7, 11) is 1.62. The van der Waals surface area contributed by atoms with Gasteiger partial charge in [0, 0.05) is 57.3 Å². The summed E-state index contributed by atoms with van der Waals surface area (Å²) in [6.07, 6.45) is 2.65. The van der Waals surface area contributed by atoms with Crippen LogP contribution in [0, 0.1) is 0 Å². The minimum atomic E-state index is -0.0104. The van der Waals surface area contributed by atoms with Crippen molar-refractivity contribution < 1.29 is 14.3 Å². The molecule has 0 aliphatic carbocycles. The molecule has 0 bridgehead atoms. The average molecular weight is 403 g/mol. The zero-order valence-corrected chi connectivity index (χ0v) is 17.7. The van der Waals surface area contributed by atoms with Crippen molar-refractivity contribution in [2.24, 2.45) is 0 Å². The summed E-state index contributed by atoms with van der Waals surface area (Å²) in [5, 5.41) is 3.27. The quantitative estimate of drug-likeness (QED) is 0.713. The molecule has 29 heavy (non-hydrogen) atoms. The van der Waals surface area contributed by atoms with E-state index in [-0.39, 0.29) is 11.8 Å². The lowest BCUT2D eigenvalue weighted by atomic mass is 10.1. The maximum absolute atomic E-state index is 13.2. The summed E-state index contributed by atoms with van der Waals surface area (Å²) in [4.78, 5) is 32.1. The first kappa shape index (κ1) is 21.6. The van der Waals surface area contributed by atoms with Crippen LogP contribution in [0.4, 0.5) is 0 Å². The van der Waals surface area contributed by atoms with E-state index in [9.17, 15) is 9.59 Å². The van der Waals surface area contributed by atoms with Gasteiger partial charge < -0.3 is 19.9 Å². The monoisotopic (exact) mass is 402 g/mol. The van der Waals surface area contributed by atoms with Gasteiger partial charge in [0.15, 0.2) is 0 Å².